The van der Waals surface area contributed by atoms with Crippen LogP contribution in [0.3, 0.4) is 0 Å². The number of hydrogen-bond donors (Lipinski definition) is 0. The second-order valence-corrected chi connectivity index (χ2v) is 10.2. The number of pyridine rings is 1. The molecule has 2 heterocycles. The predicted molar refractivity (Wildman–Crippen MR) is 133 cm³/mol. The van der Waals surface area contributed by atoms with Gasteiger partial charge in [0.25, 0.3) is 5.69 Å². The van der Waals surface area contributed by atoms with E-state index >= 15 is 0 Å². The monoisotopic (exact) mass is 422 g/mol. The normalized spacial score (nSPS) is 15.6. The van der Waals surface area contributed by atoms with Gasteiger partial charge in [0, 0.05) is 17.0 Å². The summed E-state index contributed by atoms with van der Waals surface area (Å²) in [7, 11) is 2.21. The maximum atomic E-state index is 6.95. The number of para-hydroxylation sites is 1. The molecule has 162 valence electrons. The Kier molecular flexibility index (Phi) is 4.37. The van der Waals surface area contributed by atoms with Crippen LogP contribution in [0.15, 0.2) is 42.5 Å². The summed E-state index contributed by atoms with van der Waals surface area (Å²) in [5.41, 5.74) is 9.40. The third kappa shape index (κ3) is 2.68. The molecule has 0 amide bonds. The van der Waals surface area contributed by atoms with Gasteiger partial charge < -0.3 is 4.74 Å². The highest BCUT2D eigenvalue weighted by atomic mass is 16.5. The van der Waals surface area contributed by atoms with Crippen molar-refractivity contribution in [1.82, 2.24) is 0 Å². The summed E-state index contributed by atoms with van der Waals surface area (Å²) in [6.07, 6.45) is 5.15. The molecule has 4 aromatic rings. The maximum absolute atomic E-state index is 6.95. The van der Waals surface area contributed by atoms with Crippen LogP contribution >= 0.6 is 0 Å². The van der Waals surface area contributed by atoms with E-state index in [0.29, 0.717) is 11.8 Å². The van der Waals surface area contributed by atoms with E-state index in [-0.39, 0.29) is 0 Å². The number of fused-ring (bicyclic) bond motifs is 3. The highest BCUT2D eigenvalue weighted by Crippen LogP contribution is 2.53. The van der Waals surface area contributed by atoms with Crippen molar-refractivity contribution in [3.05, 3.63) is 64.7 Å². The molecule has 6 rings (SSSR count). The zero-order valence-corrected chi connectivity index (χ0v) is 19.9. The quantitative estimate of drug-likeness (QED) is 0.263. The first kappa shape index (κ1) is 19.8. The molecule has 3 aromatic carbocycles. The van der Waals surface area contributed by atoms with Crippen LogP contribution in [0.2, 0.25) is 0 Å². The Labute approximate surface area is 190 Å². The first-order valence-electron chi connectivity index (χ1n) is 12.2. The van der Waals surface area contributed by atoms with Gasteiger partial charge in [-0.2, -0.15) is 4.57 Å². The Balaban J connectivity index is 1.80. The van der Waals surface area contributed by atoms with Crippen LogP contribution in [-0.2, 0) is 7.05 Å². The summed E-state index contributed by atoms with van der Waals surface area (Å²) in [4.78, 5) is 0. The standard InChI is InChI=1S/C30H32NO/c1-17(2)21-15-22-14-18(3)19(4)26-28(22)25(16-21)32-30-27(20-10-6-7-11-20)23-12-8-9-13-24(23)31(5)29(26)30/h8-9,12-17,20H,6-7,10-11H2,1-5H3/q+1. The van der Waals surface area contributed by atoms with Crippen LogP contribution in [0.25, 0.3) is 32.9 Å². The fraction of sp³-hybridized carbons (Fsp3) is 0.367. The van der Waals surface area contributed by atoms with Crippen molar-refractivity contribution in [1.29, 1.82) is 0 Å². The lowest BCUT2D eigenvalue weighted by Gasteiger charge is -2.27. The largest absolute Gasteiger partial charge is 0.449 e. The lowest BCUT2D eigenvalue weighted by atomic mass is 9.85. The van der Waals surface area contributed by atoms with Crippen molar-refractivity contribution in [2.75, 3.05) is 0 Å². The van der Waals surface area contributed by atoms with E-state index in [1.54, 1.807) is 0 Å². The number of aromatic nitrogens is 1. The summed E-state index contributed by atoms with van der Waals surface area (Å²) in [5, 5.41) is 3.92. The summed E-state index contributed by atoms with van der Waals surface area (Å²) in [6, 6.07) is 15.9. The zero-order valence-electron chi connectivity index (χ0n) is 19.9. The Morgan fingerprint density at radius 2 is 1.75 bits per heavy atom. The van der Waals surface area contributed by atoms with Crippen LogP contribution in [0.5, 0.6) is 11.5 Å². The van der Waals surface area contributed by atoms with Crippen molar-refractivity contribution in [2.24, 2.45) is 7.05 Å². The molecule has 0 N–H and O–H groups in total. The van der Waals surface area contributed by atoms with E-state index < -0.39 is 0 Å². The zero-order chi connectivity index (χ0) is 22.1. The van der Waals surface area contributed by atoms with Gasteiger partial charge in [-0.25, -0.2) is 0 Å². The minimum atomic E-state index is 0.465. The molecule has 1 saturated carbocycles. The van der Waals surface area contributed by atoms with Gasteiger partial charge in [0.15, 0.2) is 0 Å². The molecule has 2 heteroatoms. The number of aryl methyl sites for hydroxylation is 2. The van der Waals surface area contributed by atoms with Gasteiger partial charge in [-0.3, -0.25) is 0 Å². The average Bonchev–Trinajstić information content (AvgIpc) is 3.31. The molecule has 0 saturated heterocycles. The van der Waals surface area contributed by atoms with E-state index in [9.17, 15) is 0 Å². The van der Waals surface area contributed by atoms with Crippen molar-refractivity contribution in [3.63, 3.8) is 0 Å². The van der Waals surface area contributed by atoms with Gasteiger partial charge >= 0.3 is 0 Å². The van der Waals surface area contributed by atoms with Crippen molar-refractivity contribution in [2.45, 2.75) is 65.2 Å². The van der Waals surface area contributed by atoms with E-state index in [1.807, 2.05) is 0 Å². The van der Waals surface area contributed by atoms with Crippen LogP contribution in [-0.4, -0.2) is 0 Å². The molecule has 2 nitrogen and oxygen atoms in total. The highest BCUT2D eigenvalue weighted by molar-refractivity contribution is 6.06. The van der Waals surface area contributed by atoms with Crippen LogP contribution in [0, 0.1) is 13.8 Å². The van der Waals surface area contributed by atoms with Gasteiger partial charge in [-0.1, -0.05) is 51.0 Å². The molecule has 32 heavy (non-hydrogen) atoms. The molecule has 2 aliphatic rings. The van der Waals surface area contributed by atoms with Gasteiger partial charge in [0.05, 0.1) is 10.9 Å². The minimum absolute atomic E-state index is 0.465. The van der Waals surface area contributed by atoms with Gasteiger partial charge in [0.1, 0.15) is 12.8 Å². The molecule has 1 fully saturated rings. The number of ether oxygens (including phenoxy) is 1. The Morgan fingerprint density at radius 1 is 1.00 bits per heavy atom. The molecule has 0 radical (unpaired) electrons. The lowest BCUT2D eigenvalue weighted by Crippen LogP contribution is -2.34. The number of hydrogen-bond acceptors (Lipinski definition) is 1. The summed E-state index contributed by atoms with van der Waals surface area (Å²) >= 11 is 0. The van der Waals surface area contributed by atoms with Gasteiger partial charge in [-0.05, 0) is 72.7 Å². The van der Waals surface area contributed by atoms with E-state index in [2.05, 4.69) is 81.8 Å². The Bertz CT molecular complexity index is 1410. The van der Waals surface area contributed by atoms with Crippen molar-refractivity contribution >= 4 is 21.7 Å². The third-order valence-electron chi connectivity index (χ3n) is 7.97. The maximum Gasteiger partial charge on any atom is 0.257 e. The highest BCUT2D eigenvalue weighted by Gasteiger charge is 2.37. The topological polar surface area (TPSA) is 13.1 Å². The fourth-order valence-corrected chi connectivity index (χ4v) is 6.11. The van der Waals surface area contributed by atoms with E-state index in [1.165, 1.54) is 80.9 Å². The smallest absolute Gasteiger partial charge is 0.257 e. The summed E-state index contributed by atoms with van der Waals surface area (Å²) in [5.74, 6) is 3.17. The second kappa shape index (κ2) is 7.07. The lowest BCUT2D eigenvalue weighted by molar-refractivity contribution is -0.633. The average molecular weight is 423 g/mol. The number of benzene rings is 3. The van der Waals surface area contributed by atoms with E-state index in [0.717, 1.165) is 11.5 Å². The van der Waals surface area contributed by atoms with Crippen LogP contribution in [0.4, 0.5) is 0 Å². The first-order valence-corrected chi connectivity index (χ1v) is 12.2. The molecule has 1 aliphatic heterocycles. The summed E-state index contributed by atoms with van der Waals surface area (Å²) < 4.78 is 9.33. The van der Waals surface area contributed by atoms with Crippen LogP contribution < -0.4 is 9.30 Å². The first-order chi connectivity index (χ1) is 15.5. The van der Waals surface area contributed by atoms with Crippen molar-refractivity contribution < 1.29 is 9.30 Å². The van der Waals surface area contributed by atoms with Crippen molar-refractivity contribution in [3.8, 4) is 22.8 Å². The number of rotatable bonds is 2. The molecule has 0 unspecified atom stereocenters. The summed E-state index contributed by atoms with van der Waals surface area (Å²) in [6.45, 7) is 9.07. The fourth-order valence-electron chi connectivity index (χ4n) is 6.11. The third-order valence-corrected chi connectivity index (χ3v) is 7.97. The second-order valence-electron chi connectivity index (χ2n) is 10.2. The predicted octanol–water partition coefficient (Wildman–Crippen LogP) is 7.99. The molecular formula is C30H32NO+. The molecule has 0 atom stereocenters. The molecule has 1 aliphatic carbocycles. The Morgan fingerprint density at radius 3 is 2.50 bits per heavy atom. The molecule has 0 spiro atoms. The molecular weight excluding hydrogens is 390 g/mol. The van der Waals surface area contributed by atoms with E-state index in [4.69, 9.17) is 4.74 Å². The SMILES string of the molecule is Cc1cc2cc(C(C)C)cc3c2c(c1C)-c1c(c(C2CCCC2)c2ccccc2[n+]1C)O3. The minimum Gasteiger partial charge on any atom is -0.449 e. The van der Waals surface area contributed by atoms with Gasteiger partial charge in [0.2, 0.25) is 11.3 Å². The van der Waals surface area contributed by atoms with Crippen LogP contribution in [0.1, 0.15) is 73.6 Å². The number of nitrogens with zero attached hydrogens (tertiary/aromatic N) is 1. The van der Waals surface area contributed by atoms with Gasteiger partial charge in [-0.15, -0.1) is 0 Å². The Hall–Kier alpha value is -2.87. The molecule has 1 aromatic heterocycles. The molecule has 0 bridgehead atoms.